The smallest absolute Gasteiger partial charge is 0.126 e. The highest BCUT2D eigenvalue weighted by Gasteiger charge is 1.93. The molecule has 0 atom stereocenters. The van der Waals surface area contributed by atoms with Crippen LogP contribution in [0.1, 0.15) is 27.7 Å². The second kappa shape index (κ2) is 14.7. The highest BCUT2D eigenvalue weighted by Crippen LogP contribution is 1.71. The molecule has 0 aromatic carbocycles. The molecule has 0 saturated carbocycles. The van der Waals surface area contributed by atoms with E-state index in [-0.39, 0.29) is 24.8 Å². The molecule has 0 unspecified atom stereocenters. The number of carbonyl (C=O) groups is 2. The van der Waals surface area contributed by atoms with Gasteiger partial charge in [-0.1, -0.05) is 0 Å². The Bertz CT molecular complexity index is 120. The molecular formula is C9H20O5. The number of carbonyl (C=O) groups excluding carboxylic acids is 2. The van der Waals surface area contributed by atoms with E-state index in [9.17, 15) is 9.59 Å². The first kappa shape index (κ1) is 18.9. The van der Waals surface area contributed by atoms with E-state index in [4.69, 9.17) is 15.3 Å². The molecule has 0 aliphatic heterocycles. The van der Waals surface area contributed by atoms with Gasteiger partial charge < -0.3 is 24.9 Å². The number of rotatable bonds is 2. The summed E-state index contributed by atoms with van der Waals surface area (Å²) >= 11 is 0. The topological polar surface area (TPSA) is 94.8 Å². The van der Waals surface area contributed by atoms with Crippen LogP contribution in [0.25, 0.3) is 0 Å². The third-order valence-electron chi connectivity index (χ3n) is 0.421. The summed E-state index contributed by atoms with van der Waals surface area (Å²) in [5, 5.41) is 24.0. The molecule has 0 aromatic rings. The van der Waals surface area contributed by atoms with Gasteiger partial charge in [-0.25, -0.2) is 0 Å². The van der Waals surface area contributed by atoms with Gasteiger partial charge in [0, 0.05) is 0 Å². The summed E-state index contributed by atoms with van der Waals surface area (Å²) in [6, 6.07) is 0. The maximum absolute atomic E-state index is 9.44. The SMILES string of the molecule is CC(C)=O.CC(C)=O.OCC(O)CO. The number of Topliss-reactive ketones (excluding diaryl/α,β-unsaturated/α-hetero) is 2. The number of aliphatic hydroxyl groups excluding tert-OH is 3. The molecule has 0 amide bonds. The highest BCUT2D eigenvalue weighted by atomic mass is 16.3. The van der Waals surface area contributed by atoms with Gasteiger partial charge in [-0.05, 0) is 27.7 Å². The Balaban J connectivity index is -0.000000135. The van der Waals surface area contributed by atoms with Crippen molar-refractivity contribution in [2.75, 3.05) is 13.2 Å². The van der Waals surface area contributed by atoms with E-state index >= 15 is 0 Å². The van der Waals surface area contributed by atoms with Gasteiger partial charge in [0.15, 0.2) is 0 Å². The van der Waals surface area contributed by atoms with Gasteiger partial charge in [0.1, 0.15) is 17.7 Å². The van der Waals surface area contributed by atoms with Crippen molar-refractivity contribution < 1.29 is 24.9 Å². The first-order valence-electron chi connectivity index (χ1n) is 4.12. The lowest BCUT2D eigenvalue weighted by atomic mass is 10.4. The first-order valence-corrected chi connectivity index (χ1v) is 4.12. The Hall–Kier alpha value is -0.780. The van der Waals surface area contributed by atoms with Crippen molar-refractivity contribution in [1.29, 1.82) is 0 Å². The standard InChI is InChI=1S/C3H8O3.2C3H6O/c4-1-3(6)2-5;2*1-3(2)4/h3-6H,1-2H2;2*1-2H3. The zero-order valence-electron chi connectivity index (χ0n) is 9.15. The molecule has 3 N–H and O–H groups in total. The van der Waals surface area contributed by atoms with Crippen molar-refractivity contribution >= 4 is 11.6 Å². The second-order valence-electron chi connectivity index (χ2n) is 2.84. The van der Waals surface area contributed by atoms with E-state index < -0.39 is 6.10 Å². The third-order valence-corrected chi connectivity index (χ3v) is 0.421. The monoisotopic (exact) mass is 208 g/mol. The van der Waals surface area contributed by atoms with Crippen LogP contribution in [0.2, 0.25) is 0 Å². The minimum absolute atomic E-state index is 0.167. The third kappa shape index (κ3) is 113. The summed E-state index contributed by atoms with van der Waals surface area (Å²) in [6.07, 6.45) is -0.954. The molecule has 0 aliphatic rings. The predicted octanol–water partition coefficient (Wildman–Crippen LogP) is -0.478. The molecule has 0 spiro atoms. The summed E-state index contributed by atoms with van der Waals surface area (Å²) in [5.74, 6) is 0.333. The van der Waals surface area contributed by atoms with Gasteiger partial charge in [-0.3, -0.25) is 0 Å². The summed E-state index contributed by atoms with van der Waals surface area (Å²) in [4.78, 5) is 18.9. The quantitative estimate of drug-likeness (QED) is 0.570. The van der Waals surface area contributed by atoms with Gasteiger partial charge in [-0.15, -0.1) is 0 Å². The molecule has 0 fully saturated rings. The van der Waals surface area contributed by atoms with Crippen LogP contribution in [-0.4, -0.2) is 46.2 Å². The Kier molecular flexibility index (Phi) is 19.9. The van der Waals surface area contributed by atoms with Crippen molar-refractivity contribution in [3.8, 4) is 0 Å². The fourth-order valence-electron chi connectivity index (χ4n) is 0.0577. The van der Waals surface area contributed by atoms with Gasteiger partial charge in [0.25, 0.3) is 0 Å². The number of hydrogen-bond donors (Lipinski definition) is 3. The molecule has 0 radical (unpaired) electrons. The molecule has 14 heavy (non-hydrogen) atoms. The Morgan fingerprint density at radius 2 is 1.07 bits per heavy atom. The average Bonchev–Trinajstić information content (AvgIpc) is 2.01. The fraction of sp³-hybridized carbons (Fsp3) is 0.778. The lowest BCUT2D eigenvalue weighted by molar-refractivity contribution is -0.115. The zero-order chi connectivity index (χ0) is 12.1. The molecule has 0 saturated heterocycles. The van der Waals surface area contributed by atoms with Gasteiger partial charge in [0.2, 0.25) is 0 Å². The van der Waals surface area contributed by atoms with E-state index in [1.54, 1.807) is 0 Å². The van der Waals surface area contributed by atoms with Crippen molar-refractivity contribution in [3.05, 3.63) is 0 Å². The van der Waals surface area contributed by atoms with Gasteiger partial charge in [-0.2, -0.15) is 0 Å². The van der Waals surface area contributed by atoms with Crippen LogP contribution in [0.4, 0.5) is 0 Å². The lowest BCUT2D eigenvalue weighted by Crippen LogP contribution is -2.15. The van der Waals surface area contributed by atoms with Crippen LogP contribution in [0.3, 0.4) is 0 Å². The molecular weight excluding hydrogens is 188 g/mol. The summed E-state index contributed by atoms with van der Waals surface area (Å²) < 4.78 is 0. The van der Waals surface area contributed by atoms with Crippen LogP contribution in [0.15, 0.2) is 0 Å². The number of hydrogen-bond acceptors (Lipinski definition) is 5. The maximum Gasteiger partial charge on any atom is 0.126 e. The Morgan fingerprint density at radius 3 is 1.07 bits per heavy atom. The van der Waals surface area contributed by atoms with E-state index in [2.05, 4.69) is 0 Å². The van der Waals surface area contributed by atoms with Crippen molar-refractivity contribution in [3.63, 3.8) is 0 Å². The lowest BCUT2D eigenvalue weighted by Gasteiger charge is -1.96. The van der Waals surface area contributed by atoms with E-state index in [1.807, 2.05) is 0 Å². The average molecular weight is 208 g/mol. The predicted molar refractivity (Wildman–Crippen MR) is 52.9 cm³/mol. The van der Waals surface area contributed by atoms with Crippen LogP contribution in [-0.2, 0) is 9.59 Å². The minimum atomic E-state index is -0.954. The van der Waals surface area contributed by atoms with Crippen LogP contribution in [0, 0.1) is 0 Å². The molecule has 0 bridgehead atoms. The first-order chi connectivity index (χ1) is 6.27. The molecule has 86 valence electrons. The van der Waals surface area contributed by atoms with Crippen LogP contribution < -0.4 is 0 Å². The van der Waals surface area contributed by atoms with E-state index in [0.717, 1.165) is 0 Å². The number of aliphatic hydroxyl groups is 3. The Morgan fingerprint density at radius 1 is 0.929 bits per heavy atom. The zero-order valence-corrected chi connectivity index (χ0v) is 9.15. The molecule has 0 rings (SSSR count). The number of ketones is 2. The molecule has 0 aromatic heterocycles. The minimum Gasteiger partial charge on any atom is -0.394 e. The largest absolute Gasteiger partial charge is 0.394 e. The normalized spacial score (nSPS) is 8.00. The van der Waals surface area contributed by atoms with Crippen molar-refractivity contribution in [2.24, 2.45) is 0 Å². The van der Waals surface area contributed by atoms with Crippen LogP contribution >= 0.6 is 0 Å². The van der Waals surface area contributed by atoms with Gasteiger partial charge in [0.05, 0.1) is 13.2 Å². The molecule has 0 heterocycles. The molecule has 5 nitrogen and oxygen atoms in total. The molecule has 5 heteroatoms. The summed E-state index contributed by atoms with van der Waals surface area (Å²) in [7, 11) is 0. The van der Waals surface area contributed by atoms with E-state index in [0.29, 0.717) is 0 Å². The summed E-state index contributed by atoms with van der Waals surface area (Å²) in [6.45, 7) is 5.38. The second-order valence-corrected chi connectivity index (χ2v) is 2.84. The highest BCUT2D eigenvalue weighted by molar-refractivity contribution is 5.72. The maximum atomic E-state index is 9.44. The fourth-order valence-corrected chi connectivity index (χ4v) is 0.0577. The van der Waals surface area contributed by atoms with Crippen molar-refractivity contribution in [2.45, 2.75) is 33.8 Å². The van der Waals surface area contributed by atoms with E-state index in [1.165, 1.54) is 27.7 Å². The summed E-state index contributed by atoms with van der Waals surface area (Å²) in [5.41, 5.74) is 0. The molecule has 0 aliphatic carbocycles. The van der Waals surface area contributed by atoms with Gasteiger partial charge >= 0.3 is 0 Å². The Labute approximate surface area is 84.4 Å². The van der Waals surface area contributed by atoms with Crippen LogP contribution in [0.5, 0.6) is 0 Å². The van der Waals surface area contributed by atoms with Crippen molar-refractivity contribution in [1.82, 2.24) is 0 Å².